The van der Waals surface area contributed by atoms with Gasteiger partial charge in [-0.1, -0.05) is 0 Å². The summed E-state index contributed by atoms with van der Waals surface area (Å²) in [5.74, 6) is -0.514. The smallest absolute Gasteiger partial charge is 0.360 e. The average Bonchev–Trinajstić information content (AvgIpc) is 2.88. The summed E-state index contributed by atoms with van der Waals surface area (Å²) in [6.07, 6.45) is 1.39. The normalized spacial score (nSPS) is 16.6. The third kappa shape index (κ3) is 3.15. The van der Waals surface area contributed by atoms with Gasteiger partial charge in [-0.25, -0.2) is 9.78 Å². The second-order valence-electron chi connectivity index (χ2n) is 4.72. The molecule has 21 heavy (non-hydrogen) atoms. The van der Waals surface area contributed by atoms with Crippen molar-refractivity contribution in [1.82, 2.24) is 14.5 Å². The first-order valence-corrected chi connectivity index (χ1v) is 6.92. The molecule has 1 aliphatic heterocycles. The van der Waals surface area contributed by atoms with Crippen LogP contribution in [-0.2, 0) is 14.3 Å². The average molecular weight is 296 g/mol. The summed E-state index contributed by atoms with van der Waals surface area (Å²) in [6, 6.07) is -0.529. The van der Waals surface area contributed by atoms with Crippen molar-refractivity contribution in [1.29, 1.82) is 0 Å². The number of anilines is 1. The van der Waals surface area contributed by atoms with Crippen LogP contribution in [0.4, 0.5) is 5.82 Å². The Morgan fingerprint density at radius 2 is 2.14 bits per heavy atom. The summed E-state index contributed by atoms with van der Waals surface area (Å²) in [7, 11) is 0. The van der Waals surface area contributed by atoms with Crippen LogP contribution in [0.5, 0.6) is 0 Å². The monoisotopic (exact) mass is 296 g/mol. The minimum Gasteiger partial charge on any atom is -0.461 e. The highest BCUT2D eigenvalue weighted by molar-refractivity contribution is 5.92. The Labute approximate surface area is 122 Å². The van der Waals surface area contributed by atoms with E-state index in [1.807, 2.05) is 0 Å². The highest BCUT2D eigenvalue weighted by atomic mass is 16.5. The number of nitrogen functional groups attached to an aromatic ring is 1. The number of morpholine rings is 1. The van der Waals surface area contributed by atoms with Gasteiger partial charge in [-0.15, -0.1) is 0 Å². The van der Waals surface area contributed by atoms with E-state index in [1.54, 1.807) is 18.7 Å². The van der Waals surface area contributed by atoms with E-state index >= 15 is 0 Å². The quantitative estimate of drug-likeness (QED) is 0.789. The van der Waals surface area contributed by atoms with Crippen LogP contribution in [0.3, 0.4) is 0 Å². The van der Waals surface area contributed by atoms with Gasteiger partial charge in [0.05, 0.1) is 26.1 Å². The van der Waals surface area contributed by atoms with E-state index in [9.17, 15) is 9.59 Å². The third-order valence-corrected chi connectivity index (χ3v) is 3.40. The van der Waals surface area contributed by atoms with Crippen LogP contribution >= 0.6 is 0 Å². The zero-order valence-corrected chi connectivity index (χ0v) is 12.2. The minimum absolute atomic E-state index is 0.0403. The molecule has 1 atom stereocenters. The summed E-state index contributed by atoms with van der Waals surface area (Å²) in [5, 5.41) is 0. The van der Waals surface area contributed by atoms with E-state index in [0.717, 1.165) is 0 Å². The zero-order valence-electron chi connectivity index (χ0n) is 12.2. The van der Waals surface area contributed by atoms with Crippen LogP contribution in [0.1, 0.15) is 30.4 Å². The van der Waals surface area contributed by atoms with E-state index < -0.39 is 12.0 Å². The minimum atomic E-state index is -0.584. The molecule has 1 aliphatic rings. The fourth-order valence-corrected chi connectivity index (χ4v) is 2.20. The van der Waals surface area contributed by atoms with Crippen molar-refractivity contribution < 1.29 is 19.1 Å². The van der Waals surface area contributed by atoms with Gasteiger partial charge < -0.3 is 24.7 Å². The van der Waals surface area contributed by atoms with Gasteiger partial charge in [-0.2, -0.15) is 0 Å². The van der Waals surface area contributed by atoms with Crippen molar-refractivity contribution in [2.24, 2.45) is 0 Å². The van der Waals surface area contributed by atoms with Crippen LogP contribution < -0.4 is 5.73 Å². The molecule has 1 unspecified atom stereocenters. The number of amides is 1. The molecule has 8 heteroatoms. The molecule has 116 valence electrons. The number of carbonyl (C=O) groups excluding carboxylic acids is 2. The lowest BCUT2D eigenvalue weighted by Gasteiger charge is -2.29. The predicted molar refractivity (Wildman–Crippen MR) is 74.7 cm³/mol. The number of imidazole rings is 1. The molecule has 0 spiro atoms. The topological polar surface area (TPSA) is 99.7 Å². The standard InChI is InChI=1S/C13H20N4O4/c1-3-21-13(19)10-11(14)17(8-15-10)9(2)12(18)16-4-6-20-7-5-16/h8-9H,3-7,14H2,1-2H3. The Kier molecular flexibility index (Phi) is 4.79. The molecule has 1 saturated heterocycles. The second kappa shape index (κ2) is 6.57. The molecule has 1 aromatic heterocycles. The SMILES string of the molecule is CCOC(=O)c1ncn(C(C)C(=O)N2CCOCC2)c1N. The van der Waals surface area contributed by atoms with Gasteiger partial charge in [0, 0.05) is 13.1 Å². The van der Waals surface area contributed by atoms with Gasteiger partial charge >= 0.3 is 5.97 Å². The Hall–Kier alpha value is -2.09. The fraction of sp³-hybridized carbons (Fsp3) is 0.615. The number of hydrogen-bond acceptors (Lipinski definition) is 6. The summed E-state index contributed by atoms with van der Waals surface area (Å²) in [5.41, 5.74) is 5.95. The van der Waals surface area contributed by atoms with Gasteiger partial charge in [0.1, 0.15) is 11.9 Å². The Bertz CT molecular complexity index is 522. The van der Waals surface area contributed by atoms with E-state index in [2.05, 4.69) is 4.98 Å². The number of esters is 1. The maximum absolute atomic E-state index is 12.4. The molecule has 8 nitrogen and oxygen atoms in total. The van der Waals surface area contributed by atoms with Crippen molar-refractivity contribution in [3.63, 3.8) is 0 Å². The summed E-state index contributed by atoms with van der Waals surface area (Å²) in [4.78, 5) is 29.8. The molecule has 1 aromatic rings. The summed E-state index contributed by atoms with van der Waals surface area (Å²) >= 11 is 0. The number of ether oxygens (including phenoxy) is 2. The van der Waals surface area contributed by atoms with Crippen molar-refractivity contribution >= 4 is 17.7 Å². The van der Waals surface area contributed by atoms with Gasteiger partial charge in [0.15, 0.2) is 5.69 Å². The van der Waals surface area contributed by atoms with Crippen LogP contribution in [0.15, 0.2) is 6.33 Å². The Balaban J connectivity index is 2.13. The highest BCUT2D eigenvalue weighted by Gasteiger charge is 2.27. The van der Waals surface area contributed by atoms with Gasteiger partial charge in [-0.05, 0) is 13.8 Å². The number of nitrogens with two attached hydrogens (primary N) is 1. The molecule has 0 aliphatic carbocycles. The number of nitrogens with zero attached hydrogens (tertiary/aromatic N) is 3. The lowest BCUT2D eigenvalue weighted by Crippen LogP contribution is -2.43. The first-order chi connectivity index (χ1) is 10.1. The summed E-state index contributed by atoms with van der Waals surface area (Å²) < 4.78 is 11.6. The summed E-state index contributed by atoms with van der Waals surface area (Å²) in [6.45, 7) is 5.86. The lowest BCUT2D eigenvalue weighted by molar-refractivity contribution is -0.138. The molecular formula is C13H20N4O4. The van der Waals surface area contributed by atoms with Crippen LogP contribution in [0, 0.1) is 0 Å². The van der Waals surface area contributed by atoms with Crippen molar-refractivity contribution in [2.75, 3.05) is 38.6 Å². The Morgan fingerprint density at radius 1 is 1.48 bits per heavy atom. The molecule has 0 aromatic carbocycles. The molecule has 0 bridgehead atoms. The molecule has 0 saturated carbocycles. The maximum atomic E-state index is 12.4. The molecular weight excluding hydrogens is 276 g/mol. The largest absolute Gasteiger partial charge is 0.461 e. The van der Waals surface area contributed by atoms with Crippen molar-refractivity contribution in [3.05, 3.63) is 12.0 Å². The molecule has 2 heterocycles. The van der Waals surface area contributed by atoms with E-state index in [0.29, 0.717) is 26.3 Å². The van der Waals surface area contributed by atoms with E-state index in [4.69, 9.17) is 15.2 Å². The molecule has 1 fully saturated rings. The third-order valence-electron chi connectivity index (χ3n) is 3.40. The highest BCUT2D eigenvalue weighted by Crippen LogP contribution is 2.19. The van der Waals surface area contributed by atoms with Crippen LogP contribution in [-0.4, -0.2) is 59.2 Å². The van der Waals surface area contributed by atoms with Crippen LogP contribution in [0.2, 0.25) is 0 Å². The first-order valence-electron chi connectivity index (χ1n) is 6.92. The number of carbonyl (C=O) groups is 2. The van der Waals surface area contributed by atoms with Crippen molar-refractivity contribution in [2.45, 2.75) is 19.9 Å². The second-order valence-corrected chi connectivity index (χ2v) is 4.72. The first kappa shape index (κ1) is 15.3. The molecule has 2 rings (SSSR count). The van der Waals surface area contributed by atoms with Gasteiger partial charge in [-0.3, -0.25) is 4.79 Å². The van der Waals surface area contributed by atoms with E-state index in [-0.39, 0.29) is 24.0 Å². The van der Waals surface area contributed by atoms with Gasteiger partial charge in [0.2, 0.25) is 5.91 Å². The Morgan fingerprint density at radius 3 is 2.76 bits per heavy atom. The lowest BCUT2D eigenvalue weighted by atomic mass is 10.2. The fourth-order valence-electron chi connectivity index (χ4n) is 2.20. The zero-order chi connectivity index (χ0) is 15.4. The number of hydrogen-bond donors (Lipinski definition) is 1. The molecule has 0 radical (unpaired) electrons. The molecule has 1 amide bonds. The molecule has 2 N–H and O–H groups in total. The van der Waals surface area contributed by atoms with Crippen molar-refractivity contribution in [3.8, 4) is 0 Å². The van der Waals surface area contributed by atoms with Gasteiger partial charge in [0.25, 0.3) is 0 Å². The predicted octanol–water partition coefficient (Wildman–Crippen LogP) is 0.0618. The number of rotatable bonds is 4. The number of aromatic nitrogens is 2. The van der Waals surface area contributed by atoms with E-state index in [1.165, 1.54) is 10.9 Å². The maximum Gasteiger partial charge on any atom is 0.360 e. The van der Waals surface area contributed by atoms with Crippen LogP contribution in [0.25, 0.3) is 0 Å².